The number of hydrogen-bond acceptors (Lipinski definition) is 0. The van der Waals surface area contributed by atoms with Crippen molar-refractivity contribution in [2.45, 2.75) is 32.6 Å². The van der Waals surface area contributed by atoms with Crippen LogP contribution in [0.1, 0.15) is 32.6 Å². The molecule has 0 heterocycles. The van der Waals surface area contributed by atoms with Gasteiger partial charge in [0.1, 0.15) is 23.2 Å². The normalized spacial score (nSPS) is 11.0. The number of benzene rings is 3. The molecule has 0 nitrogen and oxygen atoms in total. The van der Waals surface area contributed by atoms with Crippen molar-refractivity contribution in [1.29, 1.82) is 0 Å². The fourth-order valence-electron chi connectivity index (χ4n) is 3.66. The molecular weight excluding hydrogens is 446 g/mol. The van der Waals surface area contributed by atoms with E-state index in [-0.39, 0.29) is 24.0 Å². The first-order chi connectivity index (χ1) is 12.4. The van der Waals surface area contributed by atoms with Crippen molar-refractivity contribution in [2.24, 2.45) is 0 Å². The van der Waals surface area contributed by atoms with Gasteiger partial charge in [-0.3, -0.25) is 0 Å². The largest absolute Gasteiger partial charge is 1.00 e. The van der Waals surface area contributed by atoms with Gasteiger partial charge in [-0.15, -0.1) is 0 Å². The first kappa shape index (κ1) is 21.1. The van der Waals surface area contributed by atoms with Crippen molar-refractivity contribution in [3.8, 4) is 0 Å². The zero-order valence-electron chi connectivity index (χ0n) is 15.5. The summed E-state index contributed by atoms with van der Waals surface area (Å²) in [6, 6.07) is 33.6. The van der Waals surface area contributed by atoms with E-state index in [2.05, 4.69) is 97.9 Å². The lowest BCUT2D eigenvalue weighted by molar-refractivity contribution is -0.00000499. The second kappa shape index (κ2) is 10.8. The summed E-state index contributed by atoms with van der Waals surface area (Å²) in [7, 11) is -1.59. The van der Waals surface area contributed by atoms with Crippen LogP contribution in [0.15, 0.2) is 91.0 Å². The first-order valence-electron chi connectivity index (χ1n) is 9.43. The summed E-state index contributed by atoms with van der Waals surface area (Å²) < 4.78 is 0. The van der Waals surface area contributed by atoms with Crippen molar-refractivity contribution >= 4 is 23.2 Å². The van der Waals surface area contributed by atoms with E-state index >= 15 is 0 Å². The molecular formula is C24H28IP. The molecule has 3 rings (SSSR count). The van der Waals surface area contributed by atoms with Crippen molar-refractivity contribution in [3.63, 3.8) is 0 Å². The average molecular weight is 474 g/mol. The van der Waals surface area contributed by atoms with E-state index in [4.69, 9.17) is 0 Å². The lowest BCUT2D eigenvalue weighted by Crippen LogP contribution is -3.00. The summed E-state index contributed by atoms with van der Waals surface area (Å²) >= 11 is 0. The molecule has 2 heteroatoms. The molecule has 0 radical (unpaired) electrons. The molecule has 0 bridgehead atoms. The minimum absolute atomic E-state index is 0. The minimum atomic E-state index is -1.59. The van der Waals surface area contributed by atoms with Crippen LogP contribution in [0.25, 0.3) is 0 Å². The number of rotatable bonds is 8. The van der Waals surface area contributed by atoms with Gasteiger partial charge >= 0.3 is 0 Å². The van der Waals surface area contributed by atoms with Gasteiger partial charge in [-0.1, -0.05) is 74.4 Å². The number of halogens is 1. The molecule has 0 aliphatic heterocycles. The van der Waals surface area contributed by atoms with E-state index in [1.54, 1.807) is 0 Å². The summed E-state index contributed by atoms with van der Waals surface area (Å²) in [5.41, 5.74) is 0. The lowest BCUT2D eigenvalue weighted by atomic mass is 10.2. The fourth-order valence-corrected chi connectivity index (χ4v) is 8.07. The molecule has 26 heavy (non-hydrogen) atoms. The second-order valence-electron chi connectivity index (χ2n) is 6.60. The zero-order chi connectivity index (χ0) is 17.4. The molecule has 0 aliphatic carbocycles. The SMILES string of the molecule is CCCCCC[P+](c1ccccc1)(c1ccccc1)c1ccccc1.[I-]. The lowest BCUT2D eigenvalue weighted by Gasteiger charge is -2.27. The molecule has 3 aromatic carbocycles. The molecule has 0 unspecified atom stereocenters. The van der Waals surface area contributed by atoms with E-state index in [1.165, 1.54) is 47.8 Å². The average Bonchev–Trinajstić information content (AvgIpc) is 2.70. The highest BCUT2D eigenvalue weighted by Gasteiger charge is 2.44. The molecule has 0 aliphatic rings. The molecule has 0 aromatic heterocycles. The van der Waals surface area contributed by atoms with Crippen LogP contribution in [0.5, 0.6) is 0 Å². The highest BCUT2D eigenvalue weighted by atomic mass is 127. The maximum absolute atomic E-state index is 2.34. The molecule has 0 N–H and O–H groups in total. The van der Waals surface area contributed by atoms with Gasteiger partial charge in [0.15, 0.2) is 0 Å². The van der Waals surface area contributed by atoms with Crippen LogP contribution in [-0.4, -0.2) is 6.16 Å². The first-order valence-corrected chi connectivity index (χ1v) is 11.4. The third-order valence-electron chi connectivity index (χ3n) is 4.94. The predicted octanol–water partition coefficient (Wildman–Crippen LogP) is 2.56. The van der Waals surface area contributed by atoms with Crippen LogP contribution < -0.4 is 39.9 Å². The van der Waals surface area contributed by atoms with Gasteiger partial charge in [0.05, 0.1) is 6.16 Å². The molecule has 0 fully saturated rings. The van der Waals surface area contributed by atoms with E-state index in [0.29, 0.717) is 0 Å². The van der Waals surface area contributed by atoms with Gasteiger partial charge in [0.25, 0.3) is 0 Å². The fraction of sp³-hybridized carbons (Fsp3) is 0.250. The zero-order valence-corrected chi connectivity index (χ0v) is 18.6. The Kier molecular flexibility index (Phi) is 8.81. The highest BCUT2D eigenvalue weighted by Crippen LogP contribution is 2.55. The van der Waals surface area contributed by atoms with Crippen LogP contribution in [0, 0.1) is 0 Å². The summed E-state index contributed by atoms with van der Waals surface area (Å²) in [6.07, 6.45) is 6.49. The Morgan fingerprint density at radius 2 is 0.923 bits per heavy atom. The molecule has 0 saturated carbocycles. The molecule has 3 aromatic rings. The Hall–Kier alpha value is -1.18. The maximum Gasteiger partial charge on any atom is 0.112 e. The molecule has 136 valence electrons. The van der Waals surface area contributed by atoms with Gasteiger partial charge in [0, 0.05) is 0 Å². The molecule has 0 spiro atoms. The second-order valence-corrected chi connectivity index (χ2v) is 10.2. The molecule has 0 atom stereocenters. The Bertz CT molecular complexity index is 644. The van der Waals surface area contributed by atoms with Crippen LogP contribution in [0.3, 0.4) is 0 Å². The predicted molar refractivity (Wildman–Crippen MR) is 114 cm³/mol. The number of unbranched alkanes of at least 4 members (excludes halogenated alkanes) is 3. The summed E-state index contributed by atoms with van der Waals surface area (Å²) in [4.78, 5) is 0. The van der Waals surface area contributed by atoms with E-state index in [0.717, 1.165) is 0 Å². The molecule has 0 saturated heterocycles. The van der Waals surface area contributed by atoms with E-state index < -0.39 is 7.26 Å². The Morgan fingerprint density at radius 1 is 0.538 bits per heavy atom. The Balaban J connectivity index is 0.00000243. The van der Waals surface area contributed by atoms with E-state index in [9.17, 15) is 0 Å². The van der Waals surface area contributed by atoms with Gasteiger partial charge in [-0.2, -0.15) is 0 Å². The smallest absolute Gasteiger partial charge is 0.112 e. The van der Waals surface area contributed by atoms with Crippen molar-refractivity contribution in [1.82, 2.24) is 0 Å². The number of hydrogen-bond donors (Lipinski definition) is 0. The van der Waals surface area contributed by atoms with Crippen molar-refractivity contribution in [2.75, 3.05) is 6.16 Å². The maximum atomic E-state index is 2.34. The monoisotopic (exact) mass is 474 g/mol. The standard InChI is InChI=1S/C24H28P.HI/c1-2-3-4-14-21-25(22-15-8-5-9-16-22,23-17-10-6-11-18-23)24-19-12-7-13-20-24;/h5-13,15-20H,2-4,14,21H2,1H3;1H/q+1;/p-1. The van der Waals surface area contributed by atoms with Crippen LogP contribution in [0.4, 0.5) is 0 Å². The van der Waals surface area contributed by atoms with Crippen molar-refractivity contribution in [3.05, 3.63) is 91.0 Å². The summed E-state index contributed by atoms with van der Waals surface area (Å²) in [5, 5.41) is 4.51. The topological polar surface area (TPSA) is 0 Å². The van der Waals surface area contributed by atoms with Crippen LogP contribution in [0.2, 0.25) is 0 Å². The van der Waals surface area contributed by atoms with Crippen LogP contribution >= 0.6 is 7.26 Å². The van der Waals surface area contributed by atoms with Crippen molar-refractivity contribution < 1.29 is 24.0 Å². The van der Waals surface area contributed by atoms with Gasteiger partial charge < -0.3 is 24.0 Å². The molecule has 0 amide bonds. The van der Waals surface area contributed by atoms with Gasteiger partial charge in [0.2, 0.25) is 0 Å². The Morgan fingerprint density at radius 3 is 1.27 bits per heavy atom. The van der Waals surface area contributed by atoms with E-state index in [1.807, 2.05) is 0 Å². The third kappa shape index (κ3) is 4.75. The summed E-state index contributed by atoms with van der Waals surface area (Å²) in [6.45, 7) is 2.29. The summed E-state index contributed by atoms with van der Waals surface area (Å²) in [5.74, 6) is 0. The Labute approximate surface area is 176 Å². The third-order valence-corrected chi connectivity index (χ3v) is 9.46. The van der Waals surface area contributed by atoms with Gasteiger partial charge in [-0.25, -0.2) is 0 Å². The van der Waals surface area contributed by atoms with Gasteiger partial charge in [-0.05, 0) is 49.2 Å². The highest BCUT2D eigenvalue weighted by molar-refractivity contribution is 7.95. The quantitative estimate of drug-likeness (QED) is 0.268. The van der Waals surface area contributed by atoms with Crippen LogP contribution in [-0.2, 0) is 0 Å². The minimum Gasteiger partial charge on any atom is -1.00 e.